The van der Waals surface area contributed by atoms with E-state index in [0.717, 1.165) is 5.69 Å². The van der Waals surface area contributed by atoms with E-state index in [9.17, 15) is 9.59 Å². The minimum atomic E-state index is -0.0819. The van der Waals surface area contributed by atoms with E-state index in [1.54, 1.807) is 25.3 Å². The number of benzene rings is 1. The zero-order valence-corrected chi connectivity index (χ0v) is 11.1. The van der Waals surface area contributed by atoms with Gasteiger partial charge < -0.3 is 9.72 Å². The Balaban J connectivity index is 2.68. The number of aryl methyl sites for hydroxylation is 1. The number of pyridine rings is 1. The standard InChI is InChI=1S/C15H15NO3/c1-9-6-12(18)8-14(16-9)13-7-11(10(2)17)4-5-15(13)19-3/h4-8H,1-3H3,(H,16,18). The van der Waals surface area contributed by atoms with Gasteiger partial charge in [0.15, 0.2) is 11.2 Å². The molecule has 0 fully saturated rings. The molecule has 0 saturated heterocycles. The molecule has 1 aromatic carbocycles. The Kier molecular flexibility index (Phi) is 3.51. The van der Waals surface area contributed by atoms with Crippen molar-refractivity contribution in [1.29, 1.82) is 0 Å². The van der Waals surface area contributed by atoms with Gasteiger partial charge in [-0.1, -0.05) is 0 Å². The Bertz CT molecular complexity index is 686. The maximum atomic E-state index is 11.6. The second kappa shape index (κ2) is 5.10. The molecule has 0 amide bonds. The predicted molar refractivity (Wildman–Crippen MR) is 73.8 cm³/mol. The number of hydrogen-bond acceptors (Lipinski definition) is 3. The summed E-state index contributed by atoms with van der Waals surface area (Å²) in [4.78, 5) is 26.1. The van der Waals surface area contributed by atoms with Gasteiger partial charge in [0.1, 0.15) is 5.75 Å². The van der Waals surface area contributed by atoms with Crippen molar-refractivity contribution in [1.82, 2.24) is 4.98 Å². The summed E-state index contributed by atoms with van der Waals surface area (Å²) in [5, 5.41) is 0. The number of ether oxygens (including phenoxy) is 1. The van der Waals surface area contributed by atoms with Crippen LogP contribution in [-0.2, 0) is 0 Å². The zero-order chi connectivity index (χ0) is 14.0. The summed E-state index contributed by atoms with van der Waals surface area (Å²) in [5.74, 6) is 0.588. The molecule has 0 spiro atoms. The van der Waals surface area contributed by atoms with Gasteiger partial charge in [-0.25, -0.2) is 0 Å². The molecule has 0 saturated carbocycles. The molecular weight excluding hydrogens is 242 g/mol. The first-order valence-electron chi connectivity index (χ1n) is 5.91. The number of methoxy groups -OCH3 is 1. The summed E-state index contributed by atoms with van der Waals surface area (Å²) in [6.07, 6.45) is 0. The molecule has 2 rings (SSSR count). The maximum absolute atomic E-state index is 11.6. The molecule has 0 atom stereocenters. The highest BCUT2D eigenvalue weighted by Gasteiger charge is 2.10. The molecule has 0 aliphatic rings. The Morgan fingerprint density at radius 2 is 1.95 bits per heavy atom. The van der Waals surface area contributed by atoms with Crippen LogP contribution in [0, 0.1) is 6.92 Å². The predicted octanol–water partition coefficient (Wildman–Crippen LogP) is 2.56. The van der Waals surface area contributed by atoms with E-state index in [0.29, 0.717) is 22.6 Å². The second-order valence-corrected chi connectivity index (χ2v) is 4.38. The normalized spacial score (nSPS) is 10.3. The topological polar surface area (TPSA) is 59.2 Å². The quantitative estimate of drug-likeness (QED) is 0.860. The first kappa shape index (κ1) is 13.1. The van der Waals surface area contributed by atoms with Gasteiger partial charge in [-0.15, -0.1) is 0 Å². The number of rotatable bonds is 3. The average molecular weight is 257 g/mol. The minimum Gasteiger partial charge on any atom is -0.496 e. The van der Waals surface area contributed by atoms with Crippen LogP contribution in [0.4, 0.5) is 0 Å². The number of aromatic nitrogens is 1. The first-order valence-corrected chi connectivity index (χ1v) is 5.91. The van der Waals surface area contributed by atoms with Gasteiger partial charge in [0, 0.05) is 29.0 Å². The summed E-state index contributed by atoms with van der Waals surface area (Å²) in [7, 11) is 1.56. The maximum Gasteiger partial charge on any atom is 0.182 e. The van der Waals surface area contributed by atoms with E-state index in [-0.39, 0.29) is 11.2 Å². The molecular formula is C15H15NO3. The fourth-order valence-corrected chi connectivity index (χ4v) is 1.96. The molecule has 0 aliphatic carbocycles. The summed E-state index contributed by atoms with van der Waals surface area (Å²) in [5.41, 5.74) is 2.61. The monoisotopic (exact) mass is 257 g/mol. The van der Waals surface area contributed by atoms with Crippen LogP contribution in [0.1, 0.15) is 23.0 Å². The summed E-state index contributed by atoms with van der Waals surface area (Å²) in [6, 6.07) is 8.18. The van der Waals surface area contributed by atoms with Gasteiger partial charge in [-0.2, -0.15) is 0 Å². The van der Waals surface area contributed by atoms with E-state index >= 15 is 0 Å². The number of carbonyl (C=O) groups is 1. The molecule has 4 nitrogen and oxygen atoms in total. The van der Waals surface area contributed by atoms with Crippen LogP contribution in [0.2, 0.25) is 0 Å². The van der Waals surface area contributed by atoms with Gasteiger partial charge in [0.05, 0.1) is 12.8 Å². The lowest BCUT2D eigenvalue weighted by Crippen LogP contribution is -2.03. The van der Waals surface area contributed by atoms with Crippen LogP contribution in [0.15, 0.2) is 35.1 Å². The van der Waals surface area contributed by atoms with Crippen molar-refractivity contribution < 1.29 is 9.53 Å². The zero-order valence-electron chi connectivity index (χ0n) is 11.1. The number of H-pyrrole nitrogens is 1. The lowest BCUT2D eigenvalue weighted by molar-refractivity contribution is 0.101. The van der Waals surface area contributed by atoms with Gasteiger partial charge in [0.2, 0.25) is 0 Å². The smallest absolute Gasteiger partial charge is 0.182 e. The summed E-state index contributed by atoms with van der Waals surface area (Å²) in [6.45, 7) is 3.32. The molecule has 0 unspecified atom stereocenters. The van der Waals surface area contributed by atoms with E-state index in [1.165, 1.54) is 19.1 Å². The van der Waals surface area contributed by atoms with Crippen LogP contribution >= 0.6 is 0 Å². The van der Waals surface area contributed by atoms with Crippen LogP contribution in [-0.4, -0.2) is 17.9 Å². The van der Waals surface area contributed by atoms with Crippen LogP contribution < -0.4 is 10.2 Å². The van der Waals surface area contributed by atoms with E-state index < -0.39 is 0 Å². The Labute approximate surface area is 111 Å². The van der Waals surface area contributed by atoms with E-state index in [4.69, 9.17) is 4.74 Å². The first-order chi connectivity index (χ1) is 9.01. The third kappa shape index (κ3) is 2.73. The molecule has 1 heterocycles. The van der Waals surface area contributed by atoms with Gasteiger partial charge in [-0.05, 0) is 32.0 Å². The van der Waals surface area contributed by atoms with Crippen molar-refractivity contribution in [2.24, 2.45) is 0 Å². The van der Waals surface area contributed by atoms with E-state index in [1.807, 2.05) is 6.92 Å². The number of aromatic amines is 1. The van der Waals surface area contributed by atoms with Gasteiger partial charge in [-0.3, -0.25) is 9.59 Å². The van der Waals surface area contributed by atoms with Crippen molar-refractivity contribution in [3.05, 3.63) is 51.8 Å². The highest BCUT2D eigenvalue weighted by Crippen LogP contribution is 2.29. The molecule has 0 bridgehead atoms. The Morgan fingerprint density at radius 3 is 2.53 bits per heavy atom. The Hall–Kier alpha value is -2.36. The molecule has 2 aromatic rings. The molecule has 98 valence electrons. The van der Waals surface area contributed by atoms with Crippen LogP contribution in [0.25, 0.3) is 11.3 Å². The Morgan fingerprint density at radius 1 is 1.21 bits per heavy atom. The summed E-state index contributed by atoms with van der Waals surface area (Å²) < 4.78 is 5.28. The lowest BCUT2D eigenvalue weighted by Gasteiger charge is -2.10. The fourth-order valence-electron chi connectivity index (χ4n) is 1.96. The molecule has 1 N–H and O–H groups in total. The number of Topliss-reactive ketones (excluding diaryl/α,β-unsaturated/α-hetero) is 1. The van der Waals surface area contributed by atoms with E-state index in [2.05, 4.69) is 4.98 Å². The lowest BCUT2D eigenvalue weighted by atomic mass is 10.0. The number of nitrogens with one attached hydrogen (secondary N) is 1. The van der Waals surface area contributed by atoms with Crippen molar-refractivity contribution in [2.75, 3.05) is 7.11 Å². The number of hydrogen-bond donors (Lipinski definition) is 1. The highest BCUT2D eigenvalue weighted by molar-refractivity contribution is 5.95. The van der Waals surface area contributed by atoms with Crippen molar-refractivity contribution in [3.63, 3.8) is 0 Å². The number of ketones is 1. The van der Waals surface area contributed by atoms with Crippen LogP contribution in [0.5, 0.6) is 5.75 Å². The largest absolute Gasteiger partial charge is 0.496 e. The summed E-state index contributed by atoms with van der Waals surface area (Å²) >= 11 is 0. The third-order valence-electron chi connectivity index (χ3n) is 2.87. The van der Waals surface area contributed by atoms with Gasteiger partial charge in [0.25, 0.3) is 0 Å². The molecule has 0 aliphatic heterocycles. The third-order valence-corrected chi connectivity index (χ3v) is 2.87. The SMILES string of the molecule is COc1ccc(C(C)=O)cc1-c1cc(=O)cc(C)[nH]1. The molecule has 1 aromatic heterocycles. The molecule has 0 radical (unpaired) electrons. The highest BCUT2D eigenvalue weighted by atomic mass is 16.5. The minimum absolute atomic E-state index is 0.0288. The molecule has 4 heteroatoms. The van der Waals surface area contributed by atoms with Crippen LogP contribution in [0.3, 0.4) is 0 Å². The molecule has 19 heavy (non-hydrogen) atoms. The van der Waals surface area contributed by atoms with Crippen molar-refractivity contribution in [3.8, 4) is 17.0 Å². The van der Waals surface area contributed by atoms with Gasteiger partial charge >= 0.3 is 0 Å². The second-order valence-electron chi connectivity index (χ2n) is 4.38. The number of carbonyl (C=O) groups excluding carboxylic acids is 1. The fraction of sp³-hybridized carbons (Fsp3) is 0.200. The van der Waals surface area contributed by atoms with Crippen molar-refractivity contribution in [2.45, 2.75) is 13.8 Å². The average Bonchev–Trinajstić information content (AvgIpc) is 2.36. The van der Waals surface area contributed by atoms with Crippen molar-refractivity contribution >= 4 is 5.78 Å².